The fourth-order valence-corrected chi connectivity index (χ4v) is 5.28. The molecule has 2 heterocycles. The van der Waals surface area contributed by atoms with E-state index in [9.17, 15) is 4.79 Å². The number of likely N-dealkylation sites (tertiary alicyclic amines) is 1. The largest absolute Gasteiger partial charge is 0.404 e. The fraction of sp³-hybridized carbons (Fsp3) is 0.929. The maximum atomic E-state index is 13.0. The van der Waals surface area contributed by atoms with Gasteiger partial charge in [0.25, 0.3) is 0 Å². The molecule has 1 aliphatic carbocycles. The van der Waals surface area contributed by atoms with Crippen molar-refractivity contribution in [3.63, 3.8) is 0 Å². The number of rotatable bonds is 1. The van der Waals surface area contributed by atoms with Crippen LogP contribution in [0, 0.1) is 17.3 Å². The predicted molar refractivity (Wildman–Crippen MR) is 95.5 cm³/mol. The molecule has 3 fully saturated rings. The average Bonchev–Trinajstić information content (AvgIpc) is 2.78. The molecule has 1 unspecified atom stereocenters. The van der Waals surface area contributed by atoms with Crippen LogP contribution in [0.5, 0.6) is 0 Å². The summed E-state index contributed by atoms with van der Waals surface area (Å²) in [4.78, 5) is 15.2. The smallest absolute Gasteiger partial charge is 0.225 e. The van der Waals surface area contributed by atoms with Crippen LogP contribution >= 0.6 is 0 Å². The normalized spacial score (nSPS) is 38.3. The SMILES string of the molecule is BC1(B)CC(C(=O)N2CC3CCC[C@]3(C)C2)CC(B)(B)O1. The highest BCUT2D eigenvalue weighted by atomic mass is 16.5. The van der Waals surface area contributed by atoms with Gasteiger partial charge < -0.3 is 9.64 Å². The van der Waals surface area contributed by atoms with E-state index in [1.165, 1.54) is 19.3 Å². The maximum absolute atomic E-state index is 13.0. The van der Waals surface area contributed by atoms with Crippen molar-refractivity contribution in [2.75, 3.05) is 13.1 Å². The van der Waals surface area contributed by atoms with E-state index in [0.29, 0.717) is 11.3 Å². The minimum absolute atomic E-state index is 0.131. The highest BCUT2D eigenvalue weighted by Gasteiger charge is 2.49. The lowest BCUT2D eigenvalue weighted by Crippen LogP contribution is -2.56. The molecular formula is C14H27B4NO2. The van der Waals surface area contributed by atoms with E-state index in [0.717, 1.165) is 31.8 Å². The quantitative estimate of drug-likeness (QED) is 0.517. The molecule has 1 amide bonds. The lowest BCUT2D eigenvalue weighted by atomic mass is 9.51. The van der Waals surface area contributed by atoms with Gasteiger partial charge >= 0.3 is 0 Å². The molecule has 0 aromatic carbocycles. The number of hydrogen-bond donors (Lipinski definition) is 0. The number of carbonyl (C=O) groups excluding carboxylic acids is 1. The van der Waals surface area contributed by atoms with E-state index in [4.69, 9.17) is 4.74 Å². The first kappa shape index (κ1) is 15.6. The Hall–Kier alpha value is -0.310. The first-order valence-electron chi connectivity index (χ1n) is 8.59. The van der Waals surface area contributed by atoms with Crippen molar-refractivity contribution >= 4 is 37.3 Å². The highest BCUT2D eigenvalue weighted by Crippen LogP contribution is 2.49. The second kappa shape index (κ2) is 4.84. The van der Waals surface area contributed by atoms with E-state index >= 15 is 0 Å². The third-order valence-electron chi connectivity index (χ3n) is 5.97. The van der Waals surface area contributed by atoms with Gasteiger partial charge in [-0.25, -0.2) is 0 Å². The summed E-state index contributed by atoms with van der Waals surface area (Å²) in [6.07, 6.45) is 5.66. The van der Waals surface area contributed by atoms with Gasteiger partial charge in [-0.1, -0.05) is 13.3 Å². The third-order valence-corrected chi connectivity index (χ3v) is 5.97. The molecule has 0 bridgehead atoms. The van der Waals surface area contributed by atoms with Crippen molar-refractivity contribution in [2.45, 2.75) is 49.8 Å². The Bertz CT molecular complexity index is 440. The highest BCUT2D eigenvalue weighted by molar-refractivity contribution is 6.42. The second-order valence-corrected chi connectivity index (χ2v) is 9.19. The molecule has 112 valence electrons. The monoisotopic (exact) mass is 285 g/mol. The van der Waals surface area contributed by atoms with Crippen molar-refractivity contribution in [1.82, 2.24) is 4.90 Å². The lowest BCUT2D eigenvalue weighted by Gasteiger charge is -2.46. The molecule has 0 N–H and O–H groups in total. The topological polar surface area (TPSA) is 29.5 Å². The molecule has 0 radical (unpaired) electrons. The zero-order valence-corrected chi connectivity index (χ0v) is 14.4. The van der Waals surface area contributed by atoms with Gasteiger partial charge in [-0.3, -0.25) is 4.79 Å². The van der Waals surface area contributed by atoms with Crippen LogP contribution in [-0.2, 0) is 9.53 Å². The minimum Gasteiger partial charge on any atom is -0.404 e. The van der Waals surface area contributed by atoms with Crippen molar-refractivity contribution < 1.29 is 9.53 Å². The van der Waals surface area contributed by atoms with Crippen LogP contribution in [0.3, 0.4) is 0 Å². The summed E-state index contributed by atoms with van der Waals surface area (Å²) in [6.45, 7) is 4.36. The molecule has 0 aromatic heterocycles. The standard InChI is InChI=1S/C14H27B4NO2/c1-12-4-2-3-10(12)7-19(8-12)11(20)9-5-13(15,16)21-14(17,18)6-9/h9-10H,2-8,15-18H2,1H3/t10?,12-/m1/s1. The first-order chi connectivity index (χ1) is 9.60. The Morgan fingerprint density at radius 1 is 1.19 bits per heavy atom. The number of fused-ring (bicyclic) bond motifs is 1. The van der Waals surface area contributed by atoms with Crippen LogP contribution in [0.2, 0.25) is 0 Å². The third kappa shape index (κ3) is 2.95. The van der Waals surface area contributed by atoms with Crippen molar-refractivity contribution in [1.29, 1.82) is 0 Å². The van der Waals surface area contributed by atoms with Gasteiger partial charge in [0.05, 0.1) is 0 Å². The Morgan fingerprint density at radius 3 is 2.38 bits per heavy atom. The van der Waals surface area contributed by atoms with Gasteiger partial charge in [0.2, 0.25) is 5.91 Å². The average molecular weight is 285 g/mol. The van der Waals surface area contributed by atoms with Crippen LogP contribution in [0.4, 0.5) is 0 Å². The summed E-state index contributed by atoms with van der Waals surface area (Å²) < 4.78 is 6.13. The van der Waals surface area contributed by atoms with E-state index in [2.05, 4.69) is 43.2 Å². The van der Waals surface area contributed by atoms with Gasteiger partial charge in [0.1, 0.15) is 31.4 Å². The van der Waals surface area contributed by atoms with Crippen LogP contribution < -0.4 is 0 Å². The Labute approximate surface area is 132 Å². The van der Waals surface area contributed by atoms with E-state index in [1.54, 1.807) is 0 Å². The molecule has 2 aliphatic heterocycles. The Morgan fingerprint density at radius 2 is 1.81 bits per heavy atom. The Kier molecular flexibility index (Phi) is 3.59. The predicted octanol–water partition coefficient (Wildman–Crippen LogP) is -2.10. The number of nitrogens with zero attached hydrogens (tertiary/aromatic N) is 1. The zero-order valence-electron chi connectivity index (χ0n) is 14.4. The first-order valence-corrected chi connectivity index (χ1v) is 8.59. The zero-order chi connectivity index (χ0) is 15.5. The van der Waals surface area contributed by atoms with Crippen LogP contribution in [0.25, 0.3) is 0 Å². The van der Waals surface area contributed by atoms with Gasteiger partial charge in [0, 0.05) is 29.8 Å². The molecule has 3 rings (SSSR count). The Balaban J connectivity index is 1.71. The number of hydrogen-bond acceptors (Lipinski definition) is 2. The van der Waals surface area contributed by atoms with E-state index < -0.39 is 0 Å². The van der Waals surface area contributed by atoms with E-state index in [-0.39, 0.29) is 16.7 Å². The van der Waals surface area contributed by atoms with Crippen molar-refractivity contribution in [2.24, 2.45) is 17.3 Å². The van der Waals surface area contributed by atoms with Gasteiger partial charge in [0.15, 0.2) is 0 Å². The molecule has 3 aliphatic rings. The summed E-state index contributed by atoms with van der Waals surface area (Å²) in [5.41, 5.74) is 0.395. The van der Waals surface area contributed by atoms with Crippen LogP contribution in [-0.4, -0.2) is 66.1 Å². The van der Waals surface area contributed by atoms with Crippen molar-refractivity contribution in [3.8, 4) is 0 Å². The van der Waals surface area contributed by atoms with Gasteiger partial charge in [-0.05, 0) is 37.0 Å². The van der Waals surface area contributed by atoms with Crippen LogP contribution in [0.15, 0.2) is 0 Å². The molecule has 0 aromatic rings. The van der Waals surface area contributed by atoms with E-state index in [1.807, 2.05) is 0 Å². The summed E-state index contributed by atoms with van der Waals surface area (Å²) in [7, 11) is 8.48. The molecule has 2 saturated heterocycles. The number of amides is 1. The fourth-order valence-electron chi connectivity index (χ4n) is 5.28. The summed E-state index contributed by atoms with van der Waals surface area (Å²) >= 11 is 0. The molecule has 1 saturated carbocycles. The molecule has 0 spiro atoms. The van der Waals surface area contributed by atoms with Gasteiger partial charge in [-0.15, -0.1) is 0 Å². The number of ether oxygens (including phenoxy) is 1. The van der Waals surface area contributed by atoms with Crippen LogP contribution in [0.1, 0.15) is 39.0 Å². The molecular weight excluding hydrogens is 257 g/mol. The van der Waals surface area contributed by atoms with Gasteiger partial charge in [-0.2, -0.15) is 0 Å². The number of carbonyl (C=O) groups is 1. The van der Waals surface area contributed by atoms with Crippen molar-refractivity contribution in [3.05, 3.63) is 0 Å². The molecule has 3 nitrogen and oxygen atoms in total. The lowest BCUT2D eigenvalue weighted by molar-refractivity contribution is -0.142. The second-order valence-electron chi connectivity index (χ2n) is 9.19. The maximum Gasteiger partial charge on any atom is 0.225 e. The summed E-state index contributed by atoms with van der Waals surface area (Å²) in [5, 5.41) is -0.386. The molecule has 2 atom stereocenters. The molecule has 21 heavy (non-hydrogen) atoms. The summed E-state index contributed by atoms with van der Waals surface area (Å²) in [5.74, 6) is 1.25. The minimum atomic E-state index is -0.193. The molecule has 7 heteroatoms. The summed E-state index contributed by atoms with van der Waals surface area (Å²) in [6, 6.07) is 0.